The number of nitrogens with two attached hydrogens (primary N) is 1. The molecule has 2 aromatic rings. The number of hydrogen-bond donors (Lipinski definition) is 3. The molecule has 228 valence electrons. The molecule has 1 aliphatic rings. The first-order valence-electron chi connectivity index (χ1n) is 12.4. The molecule has 0 saturated carbocycles. The Labute approximate surface area is 245 Å². The molecule has 0 aliphatic carbocycles. The van der Waals surface area contributed by atoms with Gasteiger partial charge in [-0.2, -0.15) is 8.42 Å². The van der Waals surface area contributed by atoms with Crippen molar-refractivity contribution < 1.29 is 46.5 Å². The summed E-state index contributed by atoms with van der Waals surface area (Å²) in [6.45, 7) is 5.99. The highest BCUT2D eigenvalue weighted by Crippen LogP contribution is 2.28. The van der Waals surface area contributed by atoms with E-state index in [1.54, 1.807) is 24.3 Å². The number of esters is 1. The molecule has 0 bridgehead atoms. The lowest BCUT2D eigenvalue weighted by Gasteiger charge is -2.43. The Morgan fingerprint density at radius 1 is 1.19 bits per heavy atom. The lowest BCUT2D eigenvalue weighted by atomic mass is 9.95. The van der Waals surface area contributed by atoms with Crippen molar-refractivity contribution in [2.24, 2.45) is 10.6 Å². The number of nitrogens with zero attached hydrogens (tertiary/aromatic N) is 3. The molecule has 1 aliphatic heterocycles. The van der Waals surface area contributed by atoms with Crippen LogP contribution in [0.5, 0.6) is 0 Å². The van der Waals surface area contributed by atoms with E-state index in [2.05, 4.69) is 15.5 Å². The van der Waals surface area contributed by atoms with Crippen molar-refractivity contribution in [1.82, 2.24) is 14.6 Å². The summed E-state index contributed by atoms with van der Waals surface area (Å²) < 4.78 is 36.4. The van der Waals surface area contributed by atoms with Gasteiger partial charge in [0.2, 0.25) is 5.60 Å². The summed E-state index contributed by atoms with van der Waals surface area (Å²) in [4.78, 5) is 58.7. The standard InChI is InChI=1S/C25H31N5O10S2/c1-14-17(28-19(31)18(16-12-41-23(26)27-16)29-40-25(4,5)21(33)34)20(32)30(14)42(36,37)39-13-24(2,3)22(35)38-11-15-9-7-6-8-10-15/h6-10,12,14,17H,11,13H2,1-5H3,(H2,26,27)(H,28,31)(H,33,34)/t14-,17-/m0/s1. The number of carbonyl (C=O) groups is 4. The second kappa shape index (κ2) is 12.4. The van der Waals surface area contributed by atoms with Gasteiger partial charge in [0.1, 0.15) is 18.3 Å². The molecule has 2 atom stereocenters. The van der Waals surface area contributed by atoms with E-state index in [9.17, 15) is 32.7 Å². The number of aliphatic carboxylic acids is 1. The number of ether oxygens (including phenoxy) is 1. The smallest absolute Gasteiger partial charge is 0.365 e. The third-order valence-electron chi connectivity index (χ3n) is 6.06. The van der Waals surface area contributed by atoms with Gasteiger partial charge >= 0.3 is 22.2 Å². The summed E-state index contributed by atoms with van der Waals surface area (Å²) in [6, 6.07) is 6.49. The minimum Gasteiger partial charge on any atom is -0.478 e. The number of rotatable bonds is 13. The molecule has 0 spiro atoms. The zero-order chi connectivity index (χ0) is 31.5. The van der Waals surface area contributed by atoms with Crippen molar-refractivity contribution in [2.75, 3.05) is 12.3 Å². The number of benzene rings is 1. The fraction of sp³-hybridized carbons (Fsp3) is 0.440. The molecule has 0 unspecified atom stereocenters. The van der Waals surface area contributed by atoms with E-state index in [1.807, 2.05) is 6.07 Å². The number of anilines is 1. The zero-order valence-electron chi connectivity index (χ0n) is 23.4. The molecule has 17 heteroatoms. The van der Waals surface area contributed by atoms with E-state index in [1.165, 1.54) is 40.0 Å². The first-order valence-corrected chi connectivity index (χ1v) is 14.7. The molecule has 15 nitrogen and oxygen atoms in total. The van der Waals surface area contributed by atoms with Crippen LogP contribution >= 0.6 is 11.3 Å². The number of oxime groups is 1. The number of carboxylic acid groups (broad SMARTS) is 1. The van der Waals surface area contributed by atoms with Gasteiger partial charge in [0, 0.05) is 5.38 Å². The van der Waals surface area contributed by atoms with Crippen molar-refractivity contribution in [3.8, 4) is 0 Å². The van der Waals surface area contributed by atoms with Crippen LogP contribution in [0.3, 0.4) is 0 Å². The fourth-order valence-corrected chi connectivity index (χ4v) is 5.33. The van der Waals surface area contributed by atoms with Crippen molar-refractivity contribution >= 4 is 56.2 Å². The number of carboxylic acids is 1. The molecule has 3 rings (SSSR count). The number of nitrogens with one attached hydrogen (secondary N) is 1. The molecule has 1 saturated heterocycles. The number of carbonyl (C=O) groups excluding carboxylic acids is 3. The Morgan fingerprint density at radius 2 is 1.83 bits per heavy atom. The average molecular weight is 626 g/mol. The Hall–Kier alpha value is -4.09. The molecule has 1 aromatic heterocycles. The van der Waals surface area contributed by atoms with Gasteiger partial charge in [0.15, 0.2) is 10.8 Å². The molecule has 1 fully saturated rings. The van der Waals surface area contributed by atoms with Crippen LogP contribution in [0.25, 0.3) is 0 Å². The van der Waals surface area contributed by atoms with Crippen LogP contribution in [0.2, 0.25) is 0 Å². The lowest BCUT2D eigenvalue weighted by molar-refractivity contribution is -0.161. The molecule has 1 aromatic carbocycles. The molecule has 4 N–H and O–H groups in total. The minimum atomic E-state index is -4.66. The maximum atomic E-state index is 13.0. The van der Waals surface area contributed by atoms with Gasteiger partial charge in [0.25, 0.3) is 11.8 Å². The van der Waals surface area contributed by atoms with E-state index in [4.69, 9.17) is 19.5 Å². The van der Waals surface area contributed by atoms with Crippen LogP contribution in [0.15, 0.2) is 40.9 Å². The van der Waals surface area contributed by atoms with E-state index >= 15 is 0 Å². The van der Waals surface area contributed by atoms with E-state index in [0.29, 0.717) is 4.31 Å². The second-order valence-corrected chi connectivity index (χ2v) is 12.8. The van der Waals surface area contributed by atoms with Crippen molar-refractivity contribution in [1.29, 1.82) is 0 Å². The highest BCUT2D eigenvalue weighted by Gasteiger charge is 2.53. The lowest BCUT2D eigenvalue weighted by Crippen LogP contribution is -2.71. The van der Waals surface area contributed by atoms with Gasteiger partial charge in [-0.3, -0.25) is 18.6 Å². The number of thiazole rings is 1. The van der Waals surface area contributed by atoms with Crippen LogP contribution in [0.1, 0.15) is 45.9 Å². The van der Waals surface area contributed by atoms with Gasteiger partial charge in [0.05, 0.1) is 18.1 Å². The first kappa shape index (κ1) is 32.4. The van der Waals surface area contributed by atoms with E-state index in [0.717, 1.165) is 16.9 Å². The topological polar surface area (TPSA) is 217 Å². The molecular weight excluding hydrogens is 594 g/mol. The Bertz CT molecular complexity index is 1490. The van der Waals surface area contributed by atoms with Crippen LogP contribution in [0.4, 0.5) is 5.13 Å². The SMILES string of the molecule is C[C@H]1[C@H](NC(=O)C(=NOC(C)(C)C(=O)O)c2csc(N)n2)C(=O)N1S(=O)(=O)OCC(C)(C)C(=O)OCc1ccccc1. The number of amides is 2. The van der Waals surface area contributed by atoms with Crippen LogP contribution in [0, 0.1) is 5.41 Å². The predicted molar refractivity (Wildman–Crippen MR) is 149 cm³/mol. The first-order chi connectivity index (χ1) is 19.5. The largest absolute Gasteiger partial charge is 0.478 e. The second-order valence-electron chi connectivity index (χ2n) is 10.4. The van der Waals surface area contributed by atoms with Gasteiger partial charge in [-0.1, -0.05) is 35.5 Å². The van der Waals surface area contributed by atoms with Crippen molar-refractivity contribution in [3.05, 3.63) is 47.0 Å². The molecule has 0 radical (unpaired) electrons. The summed E-state index contributed by atoms with van der Waals surface area (Å²) in [6.07, 6.45) is 0. The van der Waals surface area contributed by atoms with E-state index < -0.39 is 69.5 Å². The summed E-state index contributed by atoms with van der Waals surface area (Å²) >= 11 is 0.974. The maximum Gasteiger partial charge on any atom is 0.365 e. The predicted octanol–water partition coefficient (Wildman–Crippen LogP) is 1.06. The highest BCUT2D eigenvalue weighted by atomic mass is 32.2. The number of hydrogen-bond acceptors (Lipinski definition) is 13. The normalized spacial score (nSPS) is 17.8. The number of β-lactam (4-membered cyclic amide) rings is 1. The van der Waals surface area contributed by atoms with Crippen LogP contribution in [-0.4, -0.2) is 76.6 Å². The molecular formula is C25H31N5O10S2. The quantitative estimate of drug-likeness (QED) is 0.123. The summed E-state index contributed by atoms with van der Waals surface area (Å²) in [5.41, 5.74) is 2.66. The fourth-order valence-electron chi connectivity index (χ4n) is 3.36. The third kappa shape index (κ3) is 7.40. The van der Waals surface area contributed by atoms with E-state index in [-0.39, 0.29) is 17.4 Å². The van der Waals surface area contributed by atoms with Gasteiger partial charge < -0.3 is 25.7 Å². The molecule has 2 heterocycles. The Balaban J connectivity index is 1.65. The Kier molecular flexibility index (Phi) is 9.59. The van der Waals surface area contributed by atoms with Crippen LogP contribution in [-0.2, 0) is 49.8 Å². The van der Waals surface area contributed by atoms with Crippen LogP contribution < -0.4 is 11.1 Å². The summed E-state index contributed by atoms with van der Waals surface area (Å²) in [7, 11) is -4.66. The molecule has 42 heavy (non-hydrogen) atoms. The molecule has 2 amide bonds. The number of nitrogen functional groups attached to an aromatic ring is 1. The average Bonchev–Trinajstić information content (AvgIpc) is 3.35. The van der Waals surface area contributed by atoms with Crippen molar-refractivity contribution in [2.45, 2.75) is 58.9 Å². The zero-order valence-corrected chi connectivity index (χ0v) is 25.0. The summed E-state index contributed by atoms with van der Waals surface area (Å²) in [5, 5.41) is 16.7. The third-order valence-corrected chi connectivity index (χ3v) is 8.14. The van der Waals surface area contributed by atoms with Gasteiger partial charge in [-0.15, -0.1) is 11.3 Å². The van der Waals surface area contributed by atoms with Crippen molar-refractivity contribution in [3.63, 3.8) is 0 Å². The summed E-state index contributed by atoms with van der Waals surface area (Å²) in [5.74, 6) is -4.08. The minimum absolute atomic E-state index is 0.0174. The monoisotopic (exact) mass is 625 g/mol. The Morgan fingerprint density at radius 3 is 2.38 bits per heavy atom. The van der Waals surface area contributed by atoms with Gasteiger partial charge in [-0.25, -0.2) is 14.1 Å². The number of aromatic nitrogens is 1. The maximum absolute atomic E-state index is 13.0. The van der Waals surface area contributed by atoms with Gasteiger partial charge in [-0.05, 0) is 40.2 Å². The highest BCUT2D eigenvalue weighted by molar-refractivity contribution is 7.85.